The van der Waals surface area contributed by atoms with Gasteiger partial charge in [-0.3, -0.25) is 0 Å². The summed E-state index contributed by atoms with van der Waals surface area (Å²) in [5.74, 6) is -2.83. The maximum atomic E-state index is 12.7. The maximum absolute atomic E-state index is 12.7. The Bertz CT molecular complexity index is 235. The topological polar surface area (TPSA) is 20.2 Å². The monoisotopic (exact) mass is 158 g/mol. The average molecular weight is 158 g/mol. The minimum atomic E-state index is -2.38. The molecule has 3 heteroatoms. The van der Waals surface area contributed by atoms with Crippen molar-refractivity contribution in [1.82, 2.24) is 0 Å². The largest absolute Gasteiger partial charge is 0.358 e. The van der Waals surface area contributed by atoms with Crippen LogP contribution in [0.4, 0.5) is 8.78 Å². The molecule has 0 amide bonds. The van der Waals surface area contributed by atoms with Crippen LogP contribution in [-0.4, -0.2) is 5.11 Å². The molecule has 1 nitrogen and oxygen atoms in total. The number of benzene rings is 1. The molecule has 11 heavy (non-hydrogen) atoms. The lowest BCUT2D eigenvalue weighted by molar-refractivity contribution is -0.0769. The lowest BCUT2D eigenvalue weighted by atomic mass is 10.1. The van der Waals surface area contributed by atoms with Gasteiger partial charge in [-0.1, -0.05) is 12.1 Å². The van der Waals surface area contributed by atoms with Gasteiger partial charge in [0.2, 0.25) is 5.85 Å². The van der Waals surface area contributed by atoms with Gasteiger partial charge in [-0.15, -0.1) is 0 Å². The first kappa shape index (κ1) is 8.14. The van der Waals surface area contributed by atoms with Crippen molar-refractivity contribution in [2.45, 2.75) is 12.8 Å². The molecule has 0 saturated carbocycles. The fourth-order valence-corrected chi connectivity index (χ4v) is 0.754. The molecule has 1 atom stereocenters. The standard InChI is InChI=1S/C8H8F2O/c1-8(10,11)6-2-4-7(9)5-3-6/h2-5,11H,1H3/t8-/m0/s1. The molecule has 1 aromatic carbocycles. The smallest absolute Gasteiger partial charge is 0.230 e. The van der Waals surface area contributed by atoms with E-state index in [0.29, 0.717) is 0 Å². The van der Waals surface area contributed by atoms with Crippen molar-refractivity contribution in [3.8, 4) is 0 Å². The quantitative estimate of drug-likeness (QED) is 0.662. The van der Waals surface area contributed by atoms with Crippen molar-refractivity contribution < 1.29 is 13.9 Å². The van der Waals surface area contributed by atoms with E-state index in [4.69, 9.17) is 5.11 Å². The van der Waals surface area contributed by atoms with Gasteiger partial charge in [0.25, 0.3) is 0 Å². The fourth-order valence-electron chi connectivity index (χ4n) is 0.754. The molecule has 0 heterocycles. The van der Waals surface area contributed by atoms with Crippen LogP contribution in [0.1, 0.15) is 12.5 Å². The summed E-state index contributed by atoms with van der Waals surface area (Å²) >= 11 is 0. The van der Waals surface area contributed by atoms with Crippen molar-refractivity contribution in [2.24, 2.45) is 0 Å². The SMILES string of the molecule is C[C@@](O)(F)c1ccc(F)cc1. The highest BCUT2D eigenvalue weighted by molar-refractivity contribution is 5.19. The van der Waals surface area contributed by atoms with Crippen molar-refractivity contribution in [3.05, 3.63) is 35.6 Å². The number of alkyl halides is 1. The summed E-state index contributed by atoms with van der Waals surface area (Å²) in [6, 6.07) is 4.61. The Kier molecular flexibility index (Phi) is 1.91. The summed E-state index contributed by atoms with van der Waals surface area (Å²) in [5, 5.41) is 8.79. The number of hydrogen-bond donors (Lipinski definition) is 1. The zero-order valence-corrected chi connectivity index (χ0v) is 6.01. The molecule has 0 radical (unpaired) electrons. The van der Waals surface area contributed by atoms with Crippen LogP contribution in [-0.2, 0) is 5.85 Å². The number of rotatable bonds is 1. The van der Waals surface area contributed by atoms with Gasteiger partial charge in [-0.2, -0.15) is 0 Å². The number of aliphatic hydroxyl groups is 1. The van der Waals surface area contributed by atoms with Gasteiger partial charge >= 0.3 is 0 Å². The third-order valence-corrected chi connectivity index (χ3v) is 1.37. The minimum absolute atomic E-state index is 0.0545. The van der Waals surface area contributed by atoms with Gasteiger partial charge in [-0.25, -0.2) is 8.78 Å². The van der Waals surface area contributed by atoms with Crippen molar-refractivity contribution in [1.29, 1.82) is 0 Å². The highest BCUT2D eigenvalue weighted by atomic mass is 19.2. The molecule has 0 aliphatic rings. The van der Waals surface area contributed by atoms with E-state index in [1.54, 1.807) is 0 Å². The Balaban J connectivity index is 2.99. The lowest BCUT2D eigenvalue weighted by Gasteiger charge is -2.12. The molecule has 0 spiro atoms. The molecular formula is C8H8F2O. The van der Waals surface area contributed by atoms with Crippen LogP contribution < -0.4 is 0 Å². The average Bonchev–Trinajstić information content (AvgIpc) is 1.86. The molecule has 0 unspecified atom stereocenters. The van der Waals surface area contributed by atoms with E-state index in [0.717, 1.165) is 19.1 Å². The molecule has 1 N–H and O–H groups in total. The third-order valence-electron chi connectivity index (χ3n) is 1.37. The van der Waals surface area contributed by atoms with E-state index >= 15 is 0 Å². The van der Waals surface area contributed by atoms with Crippen LogP contribution in [0, 0.1) is 5.82 Å². The molecular weight excluding hydrogens is 150 g/mol. The van der Waals surface area contributed by atoms with Crippen LogP contribution in [0.15, 0.2) is 24.3 Å². The van der Waals surface area contributed by atoms with Gasteiger partial charge in [0.1, 0.15) is 5.82 Å². The van der Waals surface area contributed by atoms with Crippen molar-refractivity contribution in [3.63, 3.8) is 0 Å². The van der Waals surface area contributed by atoms with Crippen molar-refractivity contribution in [2.75, 3.05) is 0 Å². The molecule has 0 bridgehead atoms. The first-order valence-corrected chi connectivity index (χ1v) is 3.17. The summed E-state index contributed by atoms with van der Waals surface area (Å²) in [4.78, 5) is 0. The highest BCUT2D eigenvalue weighted by Gasteiger charge is 2.20. The molecule has 0 aliphatic heterocycles. The first-order chi connectivity index (χ1) is 5.00. The fraction of sp³-hybridized carbons (Fsp3) is 0.250. The van der Waals surface area contributed by atoms with E-state index in [1.807, 2.05) is 0 Å². The van der Waals surface area contributed by atoms with Crippen LogP contribution in [0.3, 0.4) is 0 Å². The zero-order valence-electron chi connectivity index (χ0n) is 6.01. The van der Waals surface area contributed by atoms with Crippen LogP contribution in [0.25, 0.3) is 0 Å². The normalized spacial score (nSPS) is 16.0. The molecule has 1 rings (SSSR count). The lowest BCUT2D eigenvalue weighted by Crippen LogP contribution is -2.12. The van der Waals surface area contributed by atoms with Gasteiger partial charge in [-0.05, 0) is 19.1 Å². The molecule has 0 aromatic heterocycles. The Labute approximate surface area is 63.3 Å². The summed E-state index contributed by atoms with van der Waals surface area (Å²) in [7, 11) is 0. The Hall–Kier alpha value is -0.960. The predicted molar refractivity (Wildman–Crippen MR) is 37.1 cm³/mol. The minimum Gasteiger partial charge on any atom is -0.358 e. The Morgan fingerprint density at radius 2 is 1.73 bits per heavy atom. The second-order valence-electron chi connectivity index (χ2n) is 2.46. The highest BCUT2D eigenvalue weighted by Crippen LogP contribution is 2.21. The second-order valence-corrected chi connectivity index (χ2v) is 2.46. The van der Waals surface area contributed by atoms with Crippen LogP contribution >= 0.6 is 0 Å². The molecule has 0 fully saturated rings. The molecule has 0 aliphatic carbocycles. The van der Waals surface area contributed by atoms with E-state index in [2.05, 4.69) is 0 Å². The predicted octanol–water partition coefficient (Wildman–Crippen LogP) is 1.96. The third kappa shape index (κ3) is 1.98. The summed E-state index contributed by atoms with van der Waals surface area (Å²) in [6.45, 7) is 1.00. The summed E-state index contributed by atoms with van der Waals surface area (Å²) in [6.07, 6.45) is 0. The number of halogens is 2. The van der Waals surface area contributed by atoms with Crippen molar-refractivity contribution >= 4 is 0 Å². The van der Waals surface area contributed by atoms with E-state index in [1.165, 1.54) is 12.1 Å². The summed E-state index contributed by atoms with van der Waals surface area (Å²) in [5.41, 5.74) is 0.0545. The maximum Gasteiger partial charge on any atom is 0.230 e. The van der Waals surface area contributed by atoms with Gasteiger partial charge in [0, 0.05) is 5.56 Å². The second kappa shape index (κ2) is 2.58. The van der Waals surface area contributed by atoms with Gasteiger partial charge < -0.3 is 5.11 Å². The van der Waals surface area contributed by atoms with E-state index < -0.39 is 11.7 Å². The molecule has 0 saturated heterocycles. The first-order valence-electron chi connectivity index (χ1n) is 3.17. The van der Waals surface area contributed by atoms with E-state index in [9.17, 15) is 8.78 Å². The summed E-state index contributed by atoms with van der Waals surface area (Å²) < 4.78 is 25.0. The zero-order chi connectivity index (χ0) is 8.48. The number of hydrogen-bond acceptors (Lipinski definition) is 1. The van der Waals surface area contributed by atoms with Crippen LogP contribution in [0.2, 0.25) is 0 Å². The van der Waals surface area contributed by atoms with Gasteiger partial charge in [0.15, 0.2) is 0 Å². The Morgan fingerprint density at radius 1 is 1.27 bits per heavy atom. The Morgan fingerprint density at radius 3 is 2.09 bits per heavy atom. The van der Waals surface area contributed by atoms with Crippen LogP contribution in [0.5, 0.6) is 0 Å². The van der Waals surface area contributed by atoms with Gasteiger partial charge in [0.05, 0.1) is 0 Å². The van der Waals surface area contributed by atoms with E-state index in [-0.39, 0.29) is 5.56 Å². The molecule has 60 valence electrons. The molecule has 1 aromatic rings.